The zero-order valence-electron chi connectivity index (χ0n) is 11.1. The number of piperidine rings is 1. The smallest absolute Gasteiger partial charge is 0.228 e. The Morgan fingerprint density at radius 1 is 1.33 bits per heavy atom. The van der Waals surface area contributed by atoms with Crippen LogP contribution in [0.15, 0.2) is 5.16 Å². The van der Waals surface area contributed by atoms with Crippen LogP contribution in [0.3, 0.4) is 0 Å². The van der Waals surface area contributed by atoms with Gasteiger partial charge in [-0.05, 0) is 25.7 Å². The number of hydrogen-bond acceptors (Lipinski definition) is 3. The van der Waals surface area contributed by atoms with Gasteiger partial charge in [-0.15, -0.1) is 0 Å². The van der Waals surface area contributed by atoms with Gasteiger partial charge in [-0.25, -0.2) is 0 Å². The molecule has 2 rings (SSSR count). The van der Waals surface area contributed by atoms with Crippen LogP contribution in [0.2, 0.25) is 0 Å². The van der Waals surface area contributed by atoms with E-state index in [9.17, 15) is 4.79 Å². The van der Waals surface area contributed by atoms with Crippen LogP contribution in [0.5, 0.6) is 0 Å². The standard InChI is InChI=1S/C13H23N3O2/c1-13(6-2-3-7-13)12(17)16-8-4-10(5-9-16)11(14)15-18/h10,18H,2-9H2,1H3,(H2,14,15). The quantitative estimate of drug-likeness (QED) is 0.339. The predicted octanol–water partition coefficient (Wildman–Crippen LogP) is 1.55. The van der Waals surface area contributed by atoms with Gasteiger partial charge in [-0.2, -0.15) is 0 Å². The Morgan fingerprint density at radius 3 is 2.39 bits per heavy atom. The van der Waals surface area contributed by atoms with E-state index in [-0.39, 0.29) is 11.3 Å². The first kappa shape index (κ1) is 13.2. The van der Waals surface area contributed by atoms with Gasteiger partial charge in [0.1, 0.15) is 5.84 Å². The van der Waals surface area contributed by atoms with Crippen molar-refractivity contribution in [2.24, 2.45) is 22.2 Å². The van der Waals surface area contributed by atoms with E-state index < -0.39 is 0 Å². The largest absolute Gasteiger partial charge is 0.409 e. The summed E-state index contributed by atoms with van der Waals surface area (Å²) in [5, 5.41) is 11.7. The number of carbonyl (C=O) groups excluding carboxylic acids is 1. The lowest BCUT2D eigenvalue weighted by molar-refractivity contribution is -0.142. The number of amidine groups is 1. The maximum atomic E-state index is 12.5. The predicted molar refractivity (Wildman–Crippen MR) is 69.3 cm³/mol. The van der Waals surface area contributed by atoms with Gasteiger partial charge >= 0.3 is 0 Å². The highest BCUT2D eigenvalue weighted by Gasteiger charge is 2.40. The summed E-state index contributed by atoms with van der Waals surface area (Å²) in [5.74, 6) is 0.725. The zero-order chi connectivity index (χ0) is 13.2. The third-order valence-electron chi connectivity index (χ3n) is 4.54. The van der Waals surface area contributed by atoms with Crippen molar-refractivity contribution in [2.75, 3.05) is 13.1 Å². The van der Waals surface area contributed by atoms with Crippen LogP contribution in [0.4, 0.5) is 0 Å². The van der Waals surface area contributed by atoms with E-state index in [2.05, 4.69) is 12.1 Å². The second kappa shape index (κ2) is 5.16. The minimum atomic E-state index is -0.135. The molecule has 5 nitrogen and oxygen atoms in total. The van der Waals surface area contributed by atoms with Gasteiger partial charge in [-0.1, -0.05) is 24.9 Å². The minimum Gasteiger partial charge on any atom is -0.409 e. The minimum absolute atomic E-state index is 0.121. The number of hydrogen-bond donors (Lipinski definition) is 2. The lowest BCUT2D eigenvalue weighted by Crippen LogP contribution is -2.47. The molecular weight excluding hydrogens is 230 g/mol. The van der Waals surface area contributed by atoms with Gasteiger partial charge in [0.25, 0.3) is 0 Å². The molecule has 0 bridgehead atoms. The average molecular weight is 253 g/mol. The monoisotopic (exact) mass is 253 g/mol. The van der Waals surface area contributed by atoms with Gasteiger partial charge in [0.05, 0.1) is 0 Å². The lowest BCUT2D eigenvalue weighted by Gasteiger charge is -2.36. The van der Waals surface area contributed by atoms with Crippen LogP contribution in [0.1, 0.15) is 45.4 Å². The summed E-state index contributed by atoms with van der Waals surface area (Å²) in [6, 6.07) is 0. The van der Waals surface area contributed by atoms with E-state index >= 15 is 0 Å². The van der Waals surface area contributed by atoms with Crippen LogP contribution in [-0.4, -0.2) is 34.9 Å². The molecule has 0 spiro atoms. The number of nitrogens with zero attached hydrogens (tertiary/aromatic N) is 2. The molecule has 1 saturated heterocycles. The fourth-order valence-corrected chi connectivity index (χ4v) is 3.21. The first-order valence-electron chi connectivity index (χ1n) is 6.83. The Morgan fingerprint density at radius 2 is 1.89 bits per heavy atom. The number of amides is 1. The van der Waals surface area contributed by atoms with Gasteiger partial charge in [0.2, 0.25) is 5.91 Å². The van der Waals surface area contributed by atoms with E-state index in [0.29, 0.717) is 11.7 Å². The second-order valence-electron chi connectivity index (χ2n) is 5.86. The van der Waals surface area contributed by atoms with Crippen molar-refractivity contribution >= 4 is 11.7 Å². The molecule has 1 aliphatic heterocycles. The van der Waals surface area contributed by atoms with Crippen LogP contribution in [-0.2, 0) is 4.79 Å². The number of nitrogens with two attached hydrogens (primary N) is 1. The molecule has 2 aliphatic rings. The highest BCUT2D eigenvalue weighted by molar-refractivity contribution is 5.84. The van der Waals surface area contributed by atoms with Gasteiger partial charge in [0.15, 0.2) is 0 Å². The van der Waals surface area contributed by atoms with Crippen molar-refractivity contribution in [3.8, 4) is 0 Å². The van der Waals surface area contributed by atoms with Gasteiger partial charge < -0.3 is 15.8 Å². The van der Waals surface area contributed by atoms with E-state index in [0.717, 1.165) is 38.8 Å². The summed E-state index contributed by atoms with van der Waals surface area (Å²) < 4.78 is 0. The number of carbonyl (C=O) groups is 1. The third-order valence-corrected chi connectivity index (χ3v) is 4.54. The lowest BCUT2D eigenvalue weighted by atomic mass is 9.85. The van der Waals surface area contributed by atoms with Crippen LogP contribution >= 0.6 is 0 Å². The summed E-state index contributed by atoms with van der Waals surface area (Å²) in [7, 11) is 0. The first-order valence-corrected chi connectivity index (χ1v) is 6.83. The summed E-state index contributed by atoms with van der Waals surface area (Å²) in [6.07, 6.45) is 5.99. The third kappa shape index (κ3) is 2.44. The molecule has 0 radical (unpaired) electrons. The molecule has 0 unspecified atom stereocenters. The highest BCUT2D eigenvalue weighted by atomic mass is 16.4. The average Bonchev–Trinajstić information content (AvgIpc) is 2.85. The topological polar surface area (TPSA) is 78.9 Å². The van der Waals surface area contributed by atoms with Crippen molar-refractivity contribution in [3.63, 3.8) is 0 Å². The fourth-order valence-electron chi connectivity index (χ4n) is 3.21. The molecule has 3 N–H and O–H groups in total. The van der Waals surface area contributed by atoms with E-state index in [4.69, 9.17) is 10.9 Å². The van der Waals surface area contributed by atoms with Crippen LogP contribution in [0, 0.1) is 11.3 Å². The molecule has 5 heteroatoms. The molecule has 1 amide bonds. The van der Waals surface area contributed by atoms with Crippen molar-refractivity contribution < 1.29 is 10.0 Å². The molecule has 1 heterocycles. The number of rotatable bonds is 2. The molecule has 1 aliphatic carbocycles. The summed E-state index contributed by atoms with van der Waals surface area (Å²) in [6.45, 7) is 3.56. The van der Waals surface area contributed by atoms with E-state index in [1.165, 1.54) is 12.8 Å². The second-order valence-corrected chi connectivity index (χ2v) is 5.86. The molecule has 2 fully saturated rings. The van der Waals surface area contributed by atoms with E-state index in [1.54, 1.807) is 0 Å². The van der Waals surface area contributed by atoms with Gasteiger partial charge in [0, 0.05) is 24.4 Å². The Hall–Kier alpha value is -1.26. The Labute approximate surface area is 108 Å². The van der Waals surface area contributed by atoms with Crippen LogP contribution in [0.25, 0.3) is 0 Å². The summed E-state index contributed by atoms with van der Waals surface area (Å²) in [5.41, 5.74) is 5.48. The van der Waals surface area contributed by atoms with E-state index in [1.807, 2.05) is 4.90 Å². The fraction of sp³-hybridized carbons (Fsp3) is 0.846. The molecule has 102 valence electrons. The van der Waals surface area contributed by atoms with Crippen LogP contribution < -0.4 is 5.73 Å². The first-order chi connectivity index (χ1) is 8.57. The normalized spacial score (nSPS) is 25.4. The Balaban J connectivity index is 1.91. The van der Waals surface area contributed by atoms with Crippen molar-refractivity contribution in [1.82, 2.24) is 4.90 Å². The SMILES string of the molecule is CC1(C(=O)N2CCC(C(N)=NO)CC2)CCCC1. The highest BCUT2D eigenvalue weighted by Crippen LogP contribution is 2.39. The molecule has 1 saturated carbocycles. The summed E-state index contributed by atoms with van der Waals surface area (Å²) in [4.78, 5) is 14.4. The summed E-state index contributed by atoms with van der Waals surface area (Å²) >= 11 is 0. The molecule has 0 aromatic heterocycles. The number of likely N-dealkylation sites (tertiary alicyclic amines) is 1. The maximum Gasteiger partial charge on any atom is 0.228 e. The zero-order valence-corrected chi connectivity index (χ0v) is 11.1. The molecule has 18 heavy (non-hydrogen) atoms. The number of oxime groups is 1. The van der Waals surface area contributed by atoms with Crippen molar-refractivity contribution in [3.05, 3.63) is 0 Å². The Kier molecular flexibility index (Phi) is 3.78. The molecule has 0 aromatic carbocycles. The van der Waals surface area contributed by atoms with Crippen molar-refractivity contribution in [2.45, 2.75) is 45.4 Å². The maximum absolute atomic E-state index is 12.5. The van der Waals surface area contributed by atoms with Gasteiger partial charge in [-0.3, -0.25) is 4.79 Å². The molecule has 0 atom stereocenters. The molecular formula is C13H23N3O2. The van der Waals surface area contributed by atoms with Crippen molar-refractivity contribution in [1.29, 1.82) is 0 Å². The molecule has 0 aromatic rings. The Bertz CT molecular complexity index is 340.